The van der Waals surface area contributed by atoms with E-state index >= 15 is 0 Å². The molecule has 1 amide bonds. The number of esters is 1. The molecule has 136 valence electrons. The van der Waals surface area contributed by atoms with Gasteiger partial charge in [-0.15, -0.1) is 0 Å². The lowest BCUT2D eigenvalue weighted by Gasteiger charge is -2.17. The minimum absolute atomic E-state index is 0.0594. The molecule has 26 heavy (non-hydrogen) atoms. The molecule has 0 spiro atoms. The van der Waals surface area contributed by atoms with Gasteiger partial charge in [0, 0.05) is 11.1 Å². The Bertz CT molecular complexity index is 759. The number of ketones is 1. The maximum absolute atomic E-state index is 12.5. The van der Waals surface area contributed by atoms with Crippen molar-refractivity contribution in [1.29, 1.82) is 0 Å². The number of nitrogens with one attached hydrogen (secondary N) is 1. The average molecular weight is 371 g/mol. The molecular weight excluding hydrogens is 350 g/mol. The molecule has 2 aromatic rings. The molecule has 2 aromatic carbocycles. The van der Waals surface area contributed by atoms with Crippen LogP contribution in [0.25, 0.3) is 0 Å². The third-order valence-corrected chi connectivity index (χ3v) is 4.36. The van der Waals surface area contributed by atoms with Gasteiger partial charge in [0.1, 0.15) is 11.8 Å². The summed E-state index contributed by atoms with van der Waals surface area (Å²) < 4.78 is 5.37. The lowest BCUT2D eigenvalue weighted by atomic mass is 10.1. The lowest BCUT2D eigenvalue weighted by Crippen LogP contribution is -2.43. The Kier molecular flexibility index (Phi) is 7.41. The van der Waals surface area contributed by atoms with Gasteiger partial charge in [-0.25, -0.2) is 4.79 Å². The van der Waals surface area contributed by atoms with Gasteiger partial charge in [-0.1, -0.05) is 18.2 Å². The summed E-state index contributed by atoms with van der Waals surface area (Å²) >= 11 is 1.59. The lowest BCUT2D eigenvalue weighted by molar-refractivity contribution is -0.136. The van der Waals surface area contributed by atoms with E-state index in [0.717, 1.165) is 0 Å². The van der Waals surface area contributed by atoms with Crippen molar-refractivity contribution in [3.8, 4) is 5.75 Å². The predicted octanol–water partition coefficient (Wildman–Crippen LogP) is 3.35. The van der Waals surface area contributed by atoms with Gasteiger partial charge < -0.3 is 10.1 Å². The average Bonchev–Trinajstić information content (AvgIpc) is 2.66. The fourth-order valence-corrected chi connectivity index (χ4v) is 2.73. The van der Waals surface area contributed by atoms with Crippen molar-refractivity contribution in [2.45, 2.75) is 19.4 Å². The van der Waals surface area contributed by atoms with Gasteiger partial charge in [-0.05, 0) is 61.8 Å². The molecule has 6 heteroatoms. The van der Waals surface area contributed by atoms with Gasteiger partial charge in [-0.3, -0.25) is 9.59 Å². The molecule has 0 radical (unpaired) electrons. The van der Waals surface area contributed by atoms with E-state index < -0.39 is 12.0 Å². The summed E-state index contributed by atoms with van der Waals surface area (Å²) in [5, 5.41) is 2.74. The largest absolute Gasteiger partial charge is 0.425 e. The number of hydrogen-bond acceptors (Lipinski definition) is 5. The summed E-state index contributed by atoms with van der Waals surface area (Å²) in [6.45, 7) is 1.47. The van der Waals surface area contributed by atoms with Crippen molar-refractivity contribution < 1.29 is 19.1 Å². The summed E-state index contributed by atoms with van der Waals surface area (Å²) in [5.41, 5.74) is 1.03. The maximum atomic E-state index is 12.5. The van der Waals surface area contributed by atoms with Crippen LogP contribution in [-0.4, -0.2) is 35.7 Å². The van der Waals surface area contributed by atoms with Crippen LogP contribution < -0.4 is 10.1 Å². The van der Waals surface area contributed by atoms with Gasteiger partial charge in [0.15, 0.2) is 5.78 Å². The Hall–Kier alpha value is -2.60. The number of carbonyl (C=O) groups excluding carboxylic acids is 3. The van der Waals surface area contributed by atoms with E-state index in [1.165, 1.54) is 6.92 Å². The predicted molar refractivity (Wildman–Crippen MR) is 103 cm³/mol. The van der Waals surface area contributed by atoms with Crippen molar-refractivity contribution in [3.05, 3.63) is 65.7 Å². The third-order valence-electron chi connectivity index (χ3n) is 3.72. The Morgan fingerprint density at radius 2 is 1.65 bits per heavy atom. The monoisotopic (exact) mass is 371 g/mol. The van der Waals surface area contributed by atoms with Crippen LogP contribution in [-0.2, 0) is 4.79 Å². The molecule has 0 bridgehead atoms. The molecule has 0 aliphatic heterocycles. The molecular formula is C20H21NO4S. The topological polar surface area (TPSA) is 72.5 Å². The highest BCUT2D eigenvalue weighted by atomic mass is 32.2. The second-order valence-electron chi connectivity index (χ2n) is 5.68. The van der Waals surface area contributed by atoms with Crippen LogP contribution in [0.15, 0.2) is 54.6 Å². The van der Waals surface area contributed by atoms with E-state index in [9.17, 15) is 14.4 Å². The van der Waals surface area contributed by atoms with Crippen LogP contribution in [0.1, 0.15) is 34.1 Å². The first-order valence-electron chi connectivity index (χ1n) is 8.19. The molecule has 1 atom stereocenters. The van der Waals surface area contributed by atoms with Gasteiger partial charge in [0.2, 0.25) is 0 Å². The van der Waals surface area contributed by atoms with E-state index in [4.69, 9.17) is 4.74 Å². The summed E-state index contributed by atoms with van der Waals surface area (Å²) in [5.74, 6) is 0.136. The first kappa shape index (κ1) is 19.7. The van der Waals surface area contributed by atoms with Gasteiger partial charge >= 0.3 is 5.97 Å². The molecule has 0 unspecified atom stereocenters. The molecule has 0 saturated carbocycles. The maximum Gasteiger partial charge on any atom is 0.334 e. The SMILES string of the molecule is CSCC[C@H](NC(=O)c1ccccc1)C(=O)Oc1ccc(C(C)=O)cc1. The number of ether oxygens (including phenoxy) is 1. The van der Waals surface area contributed by atoms with E-state index in [2.05, 4.69) is 5.32 Å². The van der Waals surface area contributed by atoms with Crippen molar-refractivity contribution >= 4 is 29.4 Å². The molecule has 2 rings (SSSR count). The molecule has 0 saturated heterocycles. The second-order valence-corrected chi connectivity index (χ2v) is 6.66. The molecule has 0 heterocycles. The fraction of sp³-hybridized carbons (Fsp3) is 0.250. The third kappa shape index (κ3) is 5.74. The number of Topliss-reactive ketones (excluding diaryl/α,β-unsaturated/α-hetero) is 1. The smallest absolute Gasteiger partial charge is 0.334 e. The van der Waals surface area contributed by atoms with Crippen molar-refractivity contribution in [2.24, 2.45) is 0 Å². The van der Waals surface area contributed by atoms with Crippen LogP contribution in [0.4, 0.5) is 0 Å². The summed E-state index contributed by atoms with van der Waals surface area (Å²) in [7, 11) is 0. The quantitative estimate of drug-likeness (QED) is 0.438. The number of thioether (sulfide) groups is 1. The first-order valence-corrected chi connectivity index (χ1v) is 9.58. The van der Waals surface area contributed by atoms with Gasteiger partial charge in [-0.2, -0.15) is 11.8 Å². The zero-order valence-corrected chi connectivity index (χ0v) is 15.5. The van der Waals surface area contributed by atoms with Crippen LogP contribution in [0.5, 0.6) is 5.75 Å². The van der Waals surface area contributed by atoms with Crippen LogP contribution >= 0.6 is 11.8 Å². The summed E-state index contributed by atoms with van der Waals surface area (Å²) in [6.07, 6.45) is 2.39. The molecule has 1 N–H and O–H groups in total. The Balaban J connectivity index is 2.06. The van der Waals surface area contributed by atoms with E-state index in [1.54, 1.807) is 60.3 Å². The highest BCUT2D eigenvalue weighted by Gasteiger charge is 2.23. The minimum Gasteiger partial charge on any atom is -0.425 e. The Morgan fingerprint density at radius 1 is 1.00 bits per heavy atom. The van der Waals surface area contributed by atoms with Gasteiger partial charge in [0.05, 0.1) is 0 Å². The minimum atomic E-state index is -0.748. The number of benzene rings is 2. The van der Waals surface area contributed by atoms with Crippen LogP contribution in [0, 0.1) is 0 Å². The number of rotatable bonds is 8. The fourth-order valence-electron chi connectivity index (χ4n) is 2.26. The molecule has 0 aromatic heterocycles. The summed E-state index contributed by atoms with van der Waals surface area (Å²) in [6, 6.07) is 14.3. The summed E-state index contributed by atoms with van der Waals surface area (Å²) in [4.78, 5) is 36.1. The van der Waals surface area contributed by atoms with Gasteiger partial charge in [0.25, 0.3) is 5.91 Å². The zero-order valence-electron chi connectivity index (χ0n) is 14.7. The number of amides is 1. The Morgan fingerprint density at radius 3 is 2.23 bits per heavy atom. The number of carbonyl (C=O) groups is 3. The van der Waals surface area contributed by atoms with Crippen LogP contribution in [0.2, 0.25) is 0 Å². The zero-order chi connectivity index (χ0) is 18.9. The van der Waals surface area contributed by atoms with Crippen molar-refractivity contribution in [3.63, 3.8) is 0 Å². The second kappa shape index (κ2) is 9.77. The standard InChI is InChI=1S/C20H21NO4S/c1-14(22)15-8-10-17(11-9-15)25-20(24)18(12-13-26-2)21-19(23)16-6-4-3-5-7-16/h3-11,18H,12-13H2,1-2H3,(H,21,23)/t18-/m0/s1. The molecule has 0 aliphatic carbocycles. The molecule has 5 nitrogen and oxygen atoms in total. The first-order chi connectivity index (χ1) is 12.5. The highest BCUT2D eigenvalue weighted by molar-refractivity contribution is 7.98. The van der Waals surface area contributed by atoms with E-state index in [1.807, 2.05) is 12.3 Å². The highest BCUT2D eigenvalue weighted by Crippen LogP contribution is 2.14. The normalized spacial score (nSPS) is 11.5. The van der Waals surface area contributed by atoms with Crippen LogP contribution in [0.3, 0.4) is 0 Å². The molecule has 0 aliphatic rings. The van der Waals surface area contributed by atoms with E-state index in [-0.39, 0.29) is 11.7 Å². The van der Waals surface area contributed by atoms with Crippen molar-refractivity contribution in [2.75, 3.05) is 12.0 Å². The Labute approximate surface area is 157 Å². The van der Waals surface area contributed by atoms with Crippen molar-refractivity contribution in [1.82, 2.24) is 5.32 Å². The molecule has 0 fully saturated rings. The van der Waals surface area contributed by atoms with E-state index in [0.29, 0.717) is 29.1 Å². The number of hydrogen-bond donors (Lipinski definition) is 1.